The van der Waals surface area contributed by atoms with Gasteiger partial charge in [-0.25, -0.2) is 0 Å². The van der Waals surface area contributed by atoms with Crippen molar-refractivity contribution >= 4 is 29.1 Å². The lowest BCUT2D eigenvalue weighted by Gasteiger charge is -2.05. The zero-order valence-corrected chi connectivity index (χ0v) is 11.3. The van der Waals surface area contributed by atoms with Crippen LogP contribution >= 0.6 is 23.2 Å². The standard InChI is InChI=1S/C13H15Cl2NO/c1-12(2)10(13(12,14)15)8-16-11(17)9-6-4-3-5-7-9/h3-7,10H,8H2,1-2H3,(H,16,17). The zero-order chi connectivity index (χ0) is 12.7. The van der Waals surface area contributed by atoms with Crippen molar-refractivity contribution in [3.05, 3.63) is 35.9 Å². The van der Waals surface area contributed by atoms with E-state index in [1.54, 1.807) is 12.1 Å². The first-order valence-corrected chi connectivity index (χ1v) is 6.34. The van der Waals surface area contributed by atoms with Crippen LogP contribution in [0.2, 0.25) is 0 Å². The average molecular weight is 272 g/mol. The molecule has 1 aromatic carbocycles. The molecule has 2 nitrogen and oxygen atoms in total. The fourth-order valence-corrected chi connectivity index (χ4v) is 2.88. The van der Waals surface area contributed by atoms with E-state index in [4.69, 9.17) is 23.2 Å². The van der Waals surface area contributed by atoms with Crippen LogP contribution in [-0.4, -0.2) is 16.8 Å². The largest absolute Gasteiger partial charge is 0.352 e. The molecule has 2 rings (SSSR count). The number of amides is 1. The van der Waals surface area contributed by atoms with Gasteiger partial charge in [-0.2, -0.15) is 0 Å². The van der Waals surface area contributed by atoms with Crippen molar-refractivity contribution in [2.45, 2.75) is 18.2 Å². The Morgan fingerprint density at radius 1 is 1.29 bits per heavy atom. The Hall–Kier alpha value is -0.730. The van der Waals surface area contributed by atoms with Crippen LogP contribution in [-0.2, 0) is 0 Å². The molecule has 0 bridgehead atoms. The van der Waals surface area contributed by atoms with Gasteiger partial charge in [0, 0.05) is 23.4 Å². The van der Waals surface area contributed by atoms with E-state index >= 15 is 0 Å². The number of hydrogen-bond acceptors (Lipinski definition) is 1. The number of carbonyl (C=O) groups excluding carboxylic acids is 1. The van der Waals surface area contributed by atoms with Gasteiger partial charge in [-0.1, -0.05) is 32.0 Å². The molecule has 1 saturated carbocycles. The second-order valence-electron chi connectivity index (χ2n) is 4.97. The summed E-state index contributed by atoms with van der Waals surface area (Å²) in [7, 11) is 0. The van der Waals surface area contributed by atoms with Gasteiger partial charge < -0.3 is 5.32 Å². The third-order valence-corrected chi connectivity index (χ3v) is 5.09. The predicted octanol–water partition coefficient (Wildman–Crippen LogP) is 3.25. The van der Waals surface area contributed by atoms with Gasteiger partial charge in [0.25, 0.3) is 5.91 Å². The van der Waals surface area contributed by atoms with Gasteiger partial charge in [0.15, 0.2) is 0 Å². The minimum atomic E-state index is -0.725. The summed E-state index contributed by atoms with van der Waals surface area (Å²) in [4.78, 5) is 11.8. The molecular formula is C13H15Cl2NO. The van der Waals surface area contributed by atoms with E-state index in [9.17, 15) is 4.79 Å². The molecule has 1 atom stereocenters. The van der Waals surface area contributed by atoms with Crippen LogP contribution in [0.5, 0.6) is 0 Å². The van der Waals surface area contributed by atoms with Crippen molar-refractivity contribution in [1.82, 2.24) is 5.32 Å². The number of alkyl halides is 2. The minimum Gasteiger partial charge on any atom is -0.352 e. The topological polar surface area (TPSA) is 29.1 Å². The molecule has 0 aromatic heterocycles. The fraction of sp³-hybridized carbons (Fsp3) is 0.462. The molecule has 17 heavy (non-hydrogen) atoms. The van der Waals surface area contributed by atoms with Gasteiger partial charge >= 0.3 is 0 Å². The Morgan fingerprint density at radius 2 is 1.82 bits per heavy atom. The summed E-state index contributed by atoms with van der Waals surface area (Å²) >= 11 is 12.3. The lowest BCUT2D eigenvalue weighted by molar-refractivity contribution is 0.0950. The first kappa shape index (κ1) is 12.7. The van der Waals surface area contributed by atoms with E-state index in [1.807, 2.05) is 32.0 Å². The molecule has 0 aliphatic heterocycles. The number of carbonyl (C=O) groups is 1. The number of hydrogen-bond donors (Lipinski definition) is 1. The average Bonchev–Trinajstić information content (AvgIpc) is 2.68. The molecule has 1 aliphatic carbocycles. The maximum atomic E-state index is 11.8. The maximum absolute atomic E-state index is 11.8. The SMILES string of the molecule is CC1(C)C(CNC(=O)c2ccccc2)C1(Cl)Cl. The second-order valence-corrected chi connectivity index (χ2v) is 6.36. The predicted molar refractivity (Wildman–Crippen MR) is 70.5 cm³/mol. The molecule has 1 unspecified atom stereocenters. The molecule has 4 heteroatoms. The molecule has 0 saturated heterocycles. The Labute approximate surface area is 111 Å². The third kappa shape index (κ3) is 2.16. The molecule has 1 aromatic rings. The Balaban J connectivity index is 1.91. The minimum absolute atomic E-state index is 0.0857. The molecule has 92 valence electrons. The lowest BCUT2D eigenvalue weighted by Crippen LogP contribution is -2.27. The van der Waals surface area contributed by atoms with Crippen LogP contribution in [0.1, 0.15) is 24.2 Å². The van der Waals surface area contributed by atoms with Gasteiger partial charge in [-0.3, -0.25) is 4.79 Å². The fourth-order valence-electron chi connectivity index (χ4n) is 2.03. The van der Waals surface area contributed by atoms with Crippen molar-refractivity contribution in [3.8, 4) is 0 Å². The number of halogens is 2. The maximum Gasteiger partial charge on any atom is 0.251 e. The van der Waals surface area contributed by atoms with Gasteiger partial charge in [-0.15, -0.1) is 23.2 Å². The van der Waals surface area contributed by atoms with Crippen LogP contribution in [0.4, 0.5) is 0 Å². The summed E-state index contributed by atoms with van der Waals surface area (Å²) in [5.41, 5.74) is 0.515. The van der Waals surface area contributed by atoms with Crippen molar-refractivity contribution in [2.75, 3.05) is 6.54 Å². The third-order valence-electron chi connectivity index (χ3n) is 3.59. The number of nitrogens with one attached hydrogen (secondary N) is 1. The van der Waals surface area contributed by atoms with Crippen molar-refractivity contribution in [1.29, 1.82) is 0 Å². The van der Waals surface area contributed by atoms with E-state index in [2.05, 4.69) is 5.32 Å². The smallest absolute Gasteiger partial charge is 0.251 e. The van der Waals surface area contributed by atoms with Crippen molar-refractivity contribution in [3.63, 3.8) is 0 Å². The monoisotopic (exact) mass is 271 g/mol. The Kier molecular flexibility index (Phi) is 3.13. The summed E-state index contributed by atoms with van der Waals surface area (Å²) in [5.74, 6) is 0.0171. The van der Waals surface area contributed by atoms with Crippen molar-refractivity contribution in [2.24, 2.45) is 11.3 Å². The Morgan fingerprint density at radius 3 is 2.29 bits per heavy atom. The summed E-state index contributed by atoms with van der Waals surface area (Å²) in [5, 5.41) is 2.86. The van der Waals surface area contributed by atoms with E-state index in [1.165, 1.54) is 0 Å². The van der Waals surface area contributed by atoms with E-state index in [-0.39, 0.29) is 17.2 Å². The van der Waals surface area contributed by atoms with Gasteiger partial charge in [0.2, 0.25) is 0 Å². The summed E-state index contributed by atoms with van der Waals surface area (Å²) < 4.78 is -0.725. The molecule has 1 aliphatic rings. The molecule has 0 spiro atoms. The van der Waals surface area contributed by atoms with E-state index < -0.39 is 4.33 Å². The molecule has 0 heterocycles. The normalized spacial score (nSPS) is 24.1. The number of rotatable bonds is 3. The Bertz CT molecular complexity index is 414. The summed E-state index contributed by atoms with van der Waals surface area (Å²) in [6.07, 6.45) is 0. The quantitative estimate of drug-likeness (QED) is 0.841. The summed E-state index contributed by atoms with van der Waals surface area (Å²) in [6.45, 7) is 4.52. The van der Waals surface area contributed by atoms with Gasteiger partial charge in [0.1, 0.15) is 4.33 Å². The lowest BCUT2D eigenvalue weighted by atomic mass is 10.1. The molecule has 1 amide bonds. The number of benzene rings is 1. The first-order chi connectivity index (χ1) is 7.87. The summed E-state index contributed by atoms with van der Waals surface area (Å²) in [6, 6.07) is 9.11. The molecule has 0 radical (unpaired) electrons. The van der Waals surface area contributed by atoms with Crippen LogP contribution in [0.25, 0.3) is 0 Å². The van der Waals surface area contributed by atoms with Crippen LogP contribution < -0.4 is 5.32 Å². The van der Waals surface area contributed by atoms with Gasteiger partial charge in [-0.05, 0) is 12.1 Å². The van der Waals surface area contributed by atoms with Crippen LogP contribution in [0, 0.1) is 11.3 Å². The first-order valence-electron chi connectivity index (χ1n) is 5.58. The van der Waals surface area contributed by atoms with Crippen LogP contribution in [0.3, 0.4) is 0 Å². The highest BCUT2D eigenvalue weighted by atomic mass is 35.5. The van der Waals surface area contributed by atoms with E-state index in [0.717, 1.165) is 0 Å². The highest BCUT2D eigenvalue weighted by Crippen LogP contribution is 2.68. The highest BCUT2D eigenvalue weighted by molar-refractivity contribution is 6.51. The molecular weight excluding hydrogens is 257 g/mol. The second kappa shape index (κ2) is 4.18. The van der Waals surface area contributed by atoms with Crippen molar-refractivity contribution < 1.29 is 4.79 Å². The zero-order valence-electron chi connectivity index (χ0n) is 9.84. The van der Waals surface area contributed by atoms with Gasteiger partial charge in [0.05, 0.1) is 0 Å². The molecule has 1 fully saturated rings. The highest BCUT2D eigenvalue weighted by Gasteiger charge is 2.69. The van der Waals surface area contributed by atoms with E-state index in [0.29, 0.717) is 12.1 Å². The molecule has 1 N–H and O–H groups in total. The van der Waals surface area contributed by atoms with Crippen LogP contribution in [0.15, 0.2) is 30.3 Å².